The Balaban J connectivity index is 2.42. The lowest BCUT2D eigenvalue weighted by Gasteiger charge is -2.17. The fourth-order valence-electron chi connectivity index (χ4n) is 1.20. The maximum Gasteiger partial charge on any atom is 0.148 e. The second-order valence-corrected chi connectivity index (χ2v) is 5.81. The van der Waals surface area contributed by atoms with Crippen molar-refractivity contribution >= 4 is 22.4 Å². The highest BCUT2D eigenvalue weighted by Gasteiger charge is 2.35. The van der Waals surface area contributed by atoms with Gasteiger partial charge in [-0.15, -0.1) is 0 Å². The topological polar surface area (TPSA) is 64.6 Å². The fourth-order valence-corrected chi connectivity index (χ4v) is 2.74. The van der Waals surface area contributed by atoms with Crippen molar-refractivity contribution < 1.29 is 18.6 Å². The first-order chi connectivity index (χ1) is 7.17. The van der Waals surface area contributed by atoms with Gasteiger partial charge >= 0.3 is 0 Å². The Labute approximate surface area is 95.7 Å². The molecule has 86 valence electrons. The minimum absolute atomic E-state index is 0.165. The SMILES string of the molecule is C=C[S+]([O-])CC1OCOC1C[S+]([O-])C=C. The van der Waals surface area contributed by atoms with Crippen molar-refractivity contribution in [2.75, 3.05) is 18.3 Å². The predicted molar refractivity (Wildman–Crippen MR) is 61.0 cm³/mol. The number of hydrogen-bond donors (Lipinski definition) is 0. The van der Waals surface area contributed by atoms with Crippen LogP contribution in [0.25, 0.3) is 0 Å². The fraction of sp³-hybridized carbons (Fsp3) is 0.556. The zero-order valence-corrected chi connectivity index (χ0v) is 9.93. The molecule has 6 heteroatoms. The van der Waals surface area contributed by atoms with E-state index in [1.807, 2.05) is 0 Å². The summed E-state index contributed by atoms with van der Waals surface area (Å²) in [5, 5.41) is 2.73. The smallest absolute Gasteiger partial charge is 0.148 e. The summed E-state index contributed by atoms with van der Waals surface area (Å²) in [6.07, 6.45) is -0.541. The normalized spacial score (nSPS) is 29.7. The first-order valence-electron chi connectivity index (χ1n) is 4.40. The minimum Gasteiger partial charge on any atom is -0.612 e. The molecule has 0 aliphatic carbocycles. The van der Waals surface area contributed by atoms with Crippen molar-refractivity contribution in [2.24, 2.45) is 0 Å². The van der Waals surface area contributed by atoms with Crippen LogP contribution in [-0.4, -0.2) is 39.6 Å². The van der Waals surface area contributed by atoms with Crippen molar-refractivity contribution in [3.05, 3.63) is 24.0 Å². The Morgan fingerprint density at radius 1 is 1.07 bits per heavy atom. The van der Waals surface area contributed by atoms with Gasteiger partial charge in [-0.2, -0.15) is 0 Å². The van der Waals surface area contributed by atoms with Gasteiger partial charge in [0.1, 0.15) is 41.3 Å². The number of hydrogen-bond acceptors (Lipinski definition) is 4. The molecule has 4 atom stereocenters. The summed E-state index contributed by atoms with van der Waals surface area (Å²) < 4.78 is 33.0. The van der Waals surface area contributed by atoms with Crippen LogP contribution in [0.2, 0.25) is 0 Å². The van der Waals surface area contributed by atoms with Gasteiger partial charge in [0.05, 0.1) is 0 Å². The molecule has 4 nitrogen and oxygen atoms in total. The Bertz CT molecular complexity index is 202. The van der Waals surface area contributed by atoms with Crippen LogP contribution in [0.4, 0.5) is 0 Å². The monoisotopic (exact) mass is 250 g/mol. The Morgan fingerprint density at radius 2 is 1.47 bits per heavy atom. The van der Waals surface area contributed by atoms with Gasteiger partial charge in [-0.25, -0.2) is 0 Å². The van der Waals surface area contributed by atoms with Gasteiger partial charge in [-0.1, -0.05) is 13.2 Å². The highest BCUT2D eigenvalue weighted by atomic mass is 32.2. The highest BCUT2D eigenvalue weighted by molar-refractivity contribution is 7.94. The summed E-state index contributed by atoms with van der Waals surface area (Å²) in [6.45, 7) is 7.03. The summed E-state index contributed by atoms with van der Waals surface area (Å²) in [6, 6.07) is 0. The highest BCUT2D eigenvalue weighted by Crippen LogP contribution is 2.17. The molecule has 0 aromatic carbocycles. The Hall–Kier alpha value is 0.0200. The minimum atomic E-state index is -1.12. The third kappa shape index (κ3) is 4.18. The van der Waals surface area contributed by atoms with Gasteiger partial charge < -0.3 is 18.6 Å². The standard InChI is InChI=1S/C9H14O4S2/c1-3-14(10)5-8-9(13-7-12-8)6-15(11)4-2/h3-4,8-9H,1-2,5-7H2. The van der Waals surface area contributed by atoms with E-state index in [1.165, 1.54) is 10.8 Å². The van der Waals surface area contributed by atoms with Crippen LogP contribution < -0.4 is 0 Å². The maximum atomic E-state index is 11.2. The van der Waals surface area contributed by atoms with E-state index >= 15 is 0 Å². The molecular formula is C9H14O4S2. The Morgan fingerprint density at radius 3 is 1.80 bits per heavy atom. The van der Waals surface area contributed by atoms with E-state index in [0.29, 0.717) is 11.5 Å². The van der Waals surface area contributed by atoms with Crippen molar-refractivity contribution in [3.63, 3.8) is 0 Å². The lowest BCUT2D eigenvalue weighted by molar-refractivity contribution is 0.0441. The van der Waals surface area contributed by atoms with Gasteiger partial charge in [-0.05, 0) is 22.4 Å². The van der Waals surface area contributed by atoms with Crippen molar-refractivity contribution in [3.8, 4) is 0 Å². The molecular weight excluding hydrogens is 236 g/mol. The van der Waals surface area contributed by atoms with Crippen LogP contribution >= 0.6 is 0 Å². The molecule has 0 spiro atoms. The van der Waals surface area contributed by atoms with Crippen molar-refractivity contribution in [1.82, 2.24) is 0 Å². The third-order valence-electron chi connectivity index (χ3n) is 2.01. The zero-order chi connectivity index (χ0) is 11.3. The molecule has 4 unspecified atom stereocenters. The molecule has 0 bridgehead atoms. The van der Waals surface area contributed by atoms with E-state index in [0.717, 1.165) is 0 Å². The van der Waals surface area contributed by atoms with Crippen LogP contribution in [0.3, 0.4) is 0 Å². The van der Waals surface area contributed by atoms with Crippen LogP contribution in [-0.2, 0) is 31.8 Å². The molecule has 1 saturated heterocycles. The molecule has 0 aromatic heterocycles. The molecule has 0 amide bonds. The first-order valence-corrected chi connectivity index (χ1v) is 7.16. The third-order valence-corrected chi connectivity index (χ3v) is 4.07. The molecule has 1 fully saturated rings. The average molecular weight is 250 g/mol. The van der Waals surface area contributed by atoms with Crippen LogP contribution in [0.5, 0.6) is 0 Å². The van der Waals surface area contributed by atoms with E-state index in [-0.39, 0.29) is 19.0 Å². The van der Waals surface area contributed by atoms with Crippen LogP contribution in [0.1, 0.15) is 0 Å². The quantitative estimate of drug-likeness (QED) is 0.644. The van der Waals surface area contributed by atoms with Crippen molar-refractivity contribution in [1.29, 1.82) is 0 Å². The van der Waals surface area contributed by atoms with Gasteiger partial charge in [0.2, 0.25) is 0 Å². The summed E-state index contributed by atoms with van der Waals surface area (Å²) in [5.41, 5.74) is 0. The Kier molecular flexibility index (Phi) is 5.73. The predicted octanol–water partition coefficient (Wildman–Crippen LogP) is 0.512. The molecule has 0 aromatic rings. The van der Waals surface area contributed by atoms with Gasteiger partial charge in [0.25, 0.3) is 0 Å². The van der Waals surface area contributed by atoms with Gasteiger partial charge in [0.15, 0.2) is 0 Å². The largest absolute Gasteiger partial charge is 0.612 e. The molecule has 0 saturated carbocycles. The second kappa shape index (κ2) is 6.57. The number of rotatable bonds is 6. The van der Waals surface area contributed by atoms with Crippen LogP contribution in [0, 0.1) is 0 Å². The van der Waals surface area contributed by atoms with Gasteiger partial charge in [-0.3, -0.25) is 0 Å². The summed E-state index contributed by atoms with van der Waals surface area (Å²) >= 11 is -2.24. The zero-order valence-electron chi connectivity index (χ0n) is 8.29. The molecule has 1 rings (SSSR count). The maximum absolute atomic E-state index is 11.2. The molecule has 1 aliphatic heterocycles. The summed E-state index contributed by atoms with van der Waals surface area (Å²) in [4.78, 5) is 0. The van der Waals surface area contributed by atoms with E-state index in [1.54, 1.807) is 0 Å². The summed E-state index contributed by atoms with van der Waals surface area (Å²) in [7, 11) is 0. The number of ether oxygens (including phenoxy) is 2. The van der Waals surface area contributed by atoms with E-state index < -0.39 is 22.4 Å². The molecule has 15 heavy (non-hydrogen) atoms. The average Bonchev–Trinajstić information content (AvgIpc) is 2.65. The van der Waals surface area contributed by atoms with E-state index in [4.69, 9.17) is 9.47 Å². The lowest BCUT2D eigenvalue weighted by atomic mass is 10.3. The van der Waals surface area contributed by atoms with E-state index in [2.05, 4.69) is 13.2 Å². The second-order valence-electron chi connectivity index (χ2n) is 2.96. The summed E-state index contributed by atoms with van der Waals surface area (Å²) in [5.74, 6) is 0.672. The van der Waals surface area contributed by atoms with Gasteiger partial charge in [0, 0.05) is 0 Å². The lowest BCUT2D eigenvalue weighted by Crippen LogP contribution is -2.34. The molecule has 1 aliphatic rings. The molecule has 0 N–H and O–H groups in total. The molecule has 1 heterocycles. The van der Waals surface area contributed by atoms with E-state index in [9.17, 15) is 9.11 Å². The van der Waals surface area contributed by atoms with Crippen molar-refractivity contribution in [2.45, 2.75) is 12.2 Å². The first kappa shape index (κ1) is 13.1. The molecule has 0 radical (unpaired) electrons. The van der Waals surface area contributed by atoms with Crippen LogP contribution in [0.15, 0.2) is 24.0 Å².